The Morgan fingerprint density at radius 2 is 1.93 bits per heavy atom. The van der Waals surface area contributed by atoms with Crippen LogP contribution >= 0.6 is 0 Å². The van der Waals surface area contributed by atoms with Crippen LogP contribution in [0.2, 0.25) is 0 Å². The summed E-state index contributed by atoms with van der Waals surface area (Å²) >= 11 is 0. The molecular weight excluding hydrogens is 407 g/mol. The van der Waals surface area contributed by atoms with E-state index in [9.17, 15) is 18.7 Å². The highest BCUT2D eigenvalue weighted by Crippen LogP contribution is 2.44. The van der Waals surface area contributed by atoms with Gasteiger partial charge in [0.15, 0.2) is 17.9 Å². The van der Waals surface area contributed by atoms with Crippen LogP contribution in [0.4, 0.5) is 18.9 Å². The number of nitrogens with one attached hydrogen (secondary N) is 1. The number of anilines is 1. The first-order valence-electron chi connectivity index (χ1n) is 9.30. The summed E-state index contributed by atoms with van der Waals surface area (Å²) in [5.41, 5.74) is -1.11. The van der Waals surface area contributed by atoms with E-state index in [0.29, 0.717) is 12.8 Å². The number of nitrogens with zero attached hydrogens (tertiary/aromatic N) is 2. The maximum Gasteiger partial charge on any atom is 0.586 e. The zero-order valence-corrected chi connectivity index (χ0v) is 15.4. The van der Waals surface area contributed by atoms with Crippen molar-refractivity contribution < 1.29 is 37.3 Å². The largest absolute Gasteiger partial charge is 0.586 e. The molecule has 1 aromatic heterocycles. The van der Waals surface area contributed by atoms with Gasteiger partial charge in [0.1, 0.15) is 11.3 Å². The second-order valence-corrected chi connectivity index (χ2v) is 7.31. The summed E-state index contributed by atoms with van der Waals surface area (Å²) in [6, 6.07) is 4.82. The topological polar surface area (TPSA) is 93.2 Å². The smallest absolute Gasteiger partial charge is 0.436 e. The van der Waals surface area contributed by atoms with E-state index < -0.39 is 35.8 Å². The molecule has 5 rings (SSSR count). The summed E-state index contributed by atoms with van der Waals surface area (Å²) in [5, 5.41) is 13.2. The normalized spacial score (nSPS) is 23.4. The van der Waals surface area contributed by atoms with E-state index in [1.54, 1.807) is 0 Å². The molecule has 2 aromatic rings. The molecule has 1 aromatic carbocycles. The SMILES string of the molecule is O=C1N(c2ccnc(Oc3ccc4c(c3)OC(F)(F)O4)c2F)C(O)NC12CCCC2. The van der Waals surface area contributed by atoms with Crippen LogP contribution in [0.15, 0.2) is 30.5 Å². The van der Waals surface area contributed by atoms with Crippen LogP contribution in [-0.4, -0.2) is 34.2 Å². The highest BCUT2D eigenvalue weighted by Gasteiger charge is 2.53. The molecule has 1 aliphatic carbocycles. The van der Waals surface area contributed by atoms with Gasteiger partial charge in [-0.15, -0.1) is 8.78 Å². The summed E-state index contributed by atoms with van der Waals surface area (Å²) in [4.78, 5) is 17.7. The fourth-order valence-corrected chi connectivity index (χ4v) is 4.07. The highest BCUT2D eigenvalue weighted by atomic mass is 19.3. The third-order valence-corrected chi connectivity index (χ3v) is 5.42. The van der Waals surface area contributed by atoms with E-state index in [0.717, 1.165) is 23.8 Å². The van der Waals surface area contributed by atoms with Gasteiger partial charge < -0.3 is 19.3 Å². The molecule has 0 bridgehead atoms. The van der Waals surface area contributed by atoms with Crippen molar-refractivity contribution in [3.05, 3.63) is 36.3 Å². The van der Waals surface area contributed by atoms with Gasteiger partial charge in [-0.1, -0.05) is 12.8 Å². The highest BCUT2D eigenvalue weighted by molar-refractivity contribution is 6.03. The van der Waals surface area contributed by atoms with Crippen molar-refractivity contribution in [2.45, 2.75) is 43.9 Å². The van der Waals surface area contributed by atoms with Crippen molar-refractivity contribution in [3.8, 4) is 23.1 Å². The first-order valence-corrected chi connectivity index (χ1v) is 9.30. The molecule has 2 aliphatic heterocycles. The minimum atomic E-state index is -3.79. The minimum Gasteiger partial charge on any atom is -0.436 e. The lowest BCUT2D eigenvalue weighted by molar-refractivity contribution is -0.286. The predicted octanol–water partition coefficient (Wildman–Crippen LogP) is 2.86. The second-order valence-electron chi connectivity index (χ2n) is 7.31. The number of rotatable bonds is 3. The molecule has 1 unspecified atom stereocenters. The van der Waals surface area contributed by atoms with Crippen molar-refractivity contribution in [3.63, 3.8) is 0 Å². The number of amides is 1. The predicted molar refractivity (Wildman–Crippen MR) is 94.7 cm³/mol. The number of carbonyl (C=O) groups is 1. The van der Waals surface area contributed by atoms with E-state index in [-0.39, 0.29) is 22.9 Å². The fraction of sp³-hybridized carbons (Fsp3) is 0.368. The van der Waals surface area contributed by atoms with Crippen molar-refractivity contribution in [2.75, 3.05) is 4.90 Å². The maximum absolute atomic E-state index is 15.1. The Morgan fingerprint density at radius 1 is 1.20 bits per heavy atom. The van der Waals surface area contributed by atoms with Gasteiger partial charge >= 0.3 is 6.29 Å². The van der Waals surface area contributed by atoms with Crippen LogP contribution in [0.5, 0.6) is 23.1 Å². The lowest BCUT2D eigenvalue weighted by atomic mass is 9.98. The first kappa shape index (κ1) is 18.9. The molecule has 3 aliphatic rings. The average molecular weight is 423 g/mol. The average Bonchev–Trinajstić information content (AvgIpc) is 3.33. The Balaban J connectivity index is 1.43. The Hall–Kier alpha value is -3.05. The van der Waals surface area contributed by atoms with E-state index in [2.05, 4.69) is 19.8 Å². The summed E-state index contributed by atoms with van der Waals surface area (Å²) in [6.07, 6.45) is -1.21. The Bertz CT molecular complexity index is 1030. The summed E-state index contributed by atoms with van der Waals surface area (Å²) in [5.74, 6) is -2.39. The van der Waals surface area contributed by atoms with Crippen LogP contribution in [0.25, 0.3) is 0 Å². The molecule has 0 radical (unpaired) electrons. The van der Waals surface area contributed by atoms with Crippen LogP contribution in [0, 0.1) is 5.82 Å². The third-order valence-electron chi connectivity index (χ3n) is 5.42. The number of pyridine rings is 1. The van der Waals surface area contributed by atoms with Crippen molar-refractivity contribution >= 4 is 11.6 Å². The Morgan fingerprint density at radius 3 is 2.70 bits per heavy atom. The van der Waals surface area contributed by atoms with Gasteiger partial charge in [-0.2, -0.15) is 4.39 Å². The molecule has 1 amide bonds. The zero-order chi connectivity index (χ0) is 21.1. The number of hydrogen-bond donors (Lipinski definition) is 2. The van der Waals surface area contributed by atoms with E-state index in [4.69, 9.17) is 4.74 Å². The van der Waals surface area contributed by atoms with Gasteiger partial charge in [0, 0.05) is 12.3 Å². The second kappa shape index (κ2) is 6.47. The van der Waals surface area contributed by atoms with Gasteiger partial charge in [-0.05, 0) is 31.0 Å². The number of benzene rings is 1. The minimum absolute atomic E-state index is 0.0303. The standard InChI is InChI=1S/C19H16F3N3O5/c20-14-11(25-16(26)18(24-17(25)27)6-1-2-7-18)5-8-23-15(14)28-10-3-4-12-13(9-10)30-19(21,22)29-12/h3-5,8-9,17,24,27H,1-2,6-7H2. The van der Waals surface area contributed by atoms with Crippen molar-refractivity contribution in [2.24, 2.45) is 0 Å². The Labute approximate surface area is 168 Å². The fourth-order valence-electron chi connectivity index (χ4n) is 4.07. The van der Waals surface area contributed by atoms with Gasteiger partial charge in [0.2, 0.25) is 5.82 Å². The van der Waals surface area contributed by atoms with Crippen LogP contribution in [-0.2, 0) is 4.79 Å². The number of aliphatic hydroxyl groups excluding tert-OH is 1. The zero-order valence-electron chi connectivity index (χ0n) is 15.4. The molecule has 3 heterocycles. The Kier molecular flexibility index (Phi) is 4.09. The monoisotopic (exact) mass is 423 g/mol. The number of halogens is 3. The lowest BCUT2D eigenvalue weighted by Gasteiger charge is -2.22. The van der Waals surface area contributed by atoms with Gasteiger partial charge in [-0.3, -0.25) is 15.0 Å². The molecule has 8 nitrogen and oxygen atoms in total. The number of ether oxygens (including phenoxy) is 3. The molecule has 1 spiro atoms. The van der Waals surface area contributed by atoms with Crippen LogP contribution in [0.1, 0.15) is 25.7 Å². The molecule has 1 atom stereocenters. The molecule has 11 heteroatoms. The maximum atomic E-state index is 15.1. The number of hydrogen-bond acceptors (Lipinski definition) is 7. The lowest BCUT2D eigenvalue weighted by Crippen LogP contribution is -2.44. The number of carbonyl (C=O) groups excluding carboxylic acids is 1. The third kappa shape index (κ3) is 2.92. The van der Waals surface area contributed by atoms with Gasteiger partial charge in [0.05, 0.1) is 5.69 Å². The van der Waals surface area contributed by atoms with E-state index in [1.165, 1.54) is 24.4 Å². The quantitative estimate of drug-likeness (QED) is 0.784. The molecule has 158 valence electrons. The van der Waals surface area contributed by atoms with Gasteiger partial charge in [-0.25, -0.2) is 4.98 Å². The van der Waals surface area contributed by atoms with Crippen molar-refractivity contribution in [1.82, 2.24) is 10.3 Å². The summed E-state index contributed by atoms with van der Waals surface area (Å²) in [6.45, 7) is 0. The van der Waals surface area contributed by atoms with Crippen LogP contribution in [0.3, 0.4) is 0 Å². The first-order chi connectivity index (χ1) is 14.3. The number of aliphatic hydroxyl groups is 1. The number of aromatic nitrogens is 1. The summed E-state index contributed by atoms with van der Waals surface area (Å²) in [7, 11) is 0. The molecular formula is C19H16F3N3O5. The molecule has 1 saturated carbocycles. The van der Waals surface area contributed by atoms with E-state index >= 15 is 4.39 Å². The van der Waals surface area contributed by atoms with Crippen LogP contribution < -0.4 is 24.4 Å². The molecule has 30 heavy (non-hydrogen) atoms. The molecule has 2 fully saturated rings. The molecule has 2 N–H and O–H groups in total. The number of alkyl halides is 2. The van der Waals surface area contributed by atoms with Gasteiger partial charge in [0.25, 0.3) is 11.8 Å². The summed E-state index contributed by atoms with van der Waals surface area (Å²) < 4.78 is 55.5. The van der Waals surface area contributed by atoms with Crippen molar-refractivity contribution in [1.29, 1.82) is 0 Å². The number of fused-ring (bicyclic) bond motifs is 1. The molecule has 1 saturated heterocycles. The van der Waals surface area contributed by atoms with E-state index in [1.807, 2.05) is 0 Å².